The third-order valence-corrected chi connectivity index (χ3v) is 3.89. The van der Waals surface area contributed by atoms with Crippen molar-refractivity contribution in [2.24, 2.45) is 0 Å². The summed E-state index contributed by atoms with van der Waals surface area (Å²) in [7, 11) is 2.57. The number of rotatable bonds is 7. The number of hydrogen-bond donors (Lipinski definition) is 1. The standard InChI is InChI=1S/C17H20NO3P/c1-2-3-4-15(20)12-5-8-17(18-10-12)21-14-6-7-16(22)13(9-14)11-19/h5-10,19H,2-4,11,22H2,1H3. The van der Waals surface area contributed by atoms with Crippen LogP contribution in [0.2, 0.25) is 0 Å². The lowest BCUT2D eigenvalue weighted by Gasteiger charge is -2.08. The number of aliphatic hydroxyl groups is 1. The minimum absolute atomic E-state index is 0.0473. The van der Waals surface area contributed by atoms with Crippen LogP contribution in [0.3, 0.4) is 0 Å². The molecular weight excluding hydrogens is 297 g/mol. The molecule has 2 rings (SSSR count). The van der Waals surface area contributed by atoms with Crippen LogP contribution >= 0.6 is 9.24 Å². The maximum absolute atomic E-state index is 11.9. The van der Waals surface area contributed by atoms with E-state index < -0.39 is 0 Å². The van der Waals surface area contributed by atoms with Crippen LogP contribution in [0.1, 0.15) is 42.1 Å². The fraction of sp³-hybridized carbons (Fsp3) is 0.294. The minimum atomic E-state index is -0.0473. The van der Waals surface area contributed by atoms with Crippen LogP contribution in [-0.4, -0.2) is 15.9 Å². The molecule has 0 spiro atoms. The van der Waals surface area contributed by atoms with Crippen molar-refractivity contribution >= 4 is 20.3 Å². The molecule has 4 nitrogen and oxygen atoms in total. The zero-order valence-corrected chi connectivity index (χ0v) is 13.7. The number of benzene rings is 1. The lowest BCUT2D eigenvalue weighted by molar-refractivity contribution is 0.0979. The Labute approximate surface area is 132 Å². The van der Waals surface area contributed by atoms with Crippen molar-refractivity contribution in [3.05, 3.63) is 47.7 Å². The molecule has 0 amide bonds. The van der Waals surface area contributed by atoms with E-state index in [1.54, 1.807) is 24.4 Å². The van der Waals surface area contributed by atoms with Gasteiger partial charge < -0.3 is 9.84 Å². The van der Waals surface area contributed by atoms with Crippen molar-refractivity contribution in [3.8, 4) is 11.6 Å². The van der Waals surface area contributed by atoms with Gasteiger partial charge in [-0.2, -0.15) is 0 Å². The van der Waals surface area contributed by atoms with Gasteiger partial charge in [-0.15, -0.1) is 9.24 Å². The molecule has 0 radical (unpaired) electrons. The molecule has 1 aromatic carbocycles. The van der Waals surface area contributed by atoms with Crippen molar-refractivity contribution in [3.63, 3.8) is 0 Å². The van der Waals surface area contributed by atoms with Crippen LogP contribution in [0.25, 0.3) is 0 Å². The Balaban J connectivity index is 2.06. The van der Waals surface area contributed by atoms with E-state index in [-0.39, 0.29) is 12.4 Å². The number of ketones is 1. The van der Waals surface area contributed by atoms with E-state index in [2.05, 4.69) is 21.1 Å². The van der Waals surface area contributed by atoms with Crippen LogP contribution in [0.4, 0.5) is 0 Å². The second kappa shape index (κ2) is 8.02. The van der Waals surface area contributed by atoms with Gasteiger partial charge in [0.15, 0.2) is 5.78 Å². The van der Waals surface area contributed by atoms with E-state index >= 15 is 0 Å². The highest BCUT2D eigenvalue weighted by atomic mass is 31.0. The van der Waals surface area contributed by atoms with Gasteiger partial charge in [0.2, 0.25) is 5.88 Å². The molecule has 1 aromatic heterocycles. The quantitative estimate of drug-likeness (QED) is 0.629. The van der Waals surface area contributed by atoms with Crippen molar-refractivity contribution in [2.75, 3.05) is 0 Å². The van der Waals surface area contributed by atoms with E-state index in [4.69, 9.17) is 4.74 Å². The molecule has 0 aliphatic carbocycles. The van der Waals surface area contributed by atoms with Gasteiger partial charge in [0.05, 0.1) is 6.61 Å². The van der Waals surface area contributed by atoms with E-state index in [1.165, 1.54) is 0 Å². The summed E-state index contributed by atoms with van der Waals surface area (Å²) < 4.78 is 5.65. The number of Topliss-reactive ketones (excluding diaryl/α,β-unsaturated/α-hetero) is 1. The van der Waals surface area contributed by atoms with Gasteiger partial charge in [0.25, 0.3) is 0 Å². The molecule has 22 heavy (non-hydrogen) atoms. The van der Waals surface area contributed by atoms with Gasteiger partial charge in [0, 0.05) is 24.2 Å². The average molecular weight is 317 g/mol. The SMILES string of the molecule is CCCCC(=O)c1ccc(Oc2ccc(P)c(CO)c2)nc1. The first-order valence-corrected chi connectivity index (χ1v) is 7.88. The number of carbonyl (C=O) groups excluding carboxylic acids is 1. The van der Waals surface area contributed by atoms with Gasteiger partial charge >= 0.3 is 0 Å². The first-order chi connectivity index (χ1) is 10.6. The first kappa shape index (κ1) is 16.6. The third-order valence-electron chi connectivity index (χ3n) is 3.32. The molecule has 0 saturated heterocycles. The number of carbonyl (C=O) groups is 1. The molecule has 5 heteroatoms. The number of ether oxygens (including phenoxy) is 1. The number of hydrogen-bond acceptors (Lipinski definition) is 4. The van der Waals surface area contributed by atoms with E-state index in [0.717, 1.165) is 23.7 Å². The van der Waals surface area contributed by atoms with Gasteiger partial charge in [-0.1, -0.05) is 19.4 Å². The summed E-state index contributed by atoms with van der Waals surface area (Å²) in [5, 5.41) is 10.2. The summed E-state index contributed by atoms with van der Waals surface area (Å²) in [5.41, 5.74) is 1.39. The fourth-order valence-electron chi connectivity index (χ4n) is 1.99. The van der Waals surface area contributed by atoms with Crippen molar-refractivity contribution in [1.82, 2.24) is 4.98 Å². The van der Waals surface area contributed by atoms with Gasteiger partial charge in [-0.25, -0.2) is 4.98 Å². The second-order valence-corrected chi connectivity index (χ2v) is 5.65. The predicted octanol–water partition coefficient (Wildman–Crippen LogP) is 3.24. The Bertz CT molecular complexity index is 641. The number of aromatic nitrogens is 1. The van der Waals surface area contributed by atoms with Crippen LogP contribution < -0.4 is 10.0 Å². The van der Waals surface area contributed by atoms with Crippen LogP contribution in [0.15, 0.2) is 36.5 Å². The summed E-state index contributed by atoms with van der Waals surface area (Å²) in [5.74, 6) is 1.14. The van der Waals surface area contributed by atoms with Crippen LogP contribution in [0.5, 0.6) is 11.6 Å². The summed E-state index contributed by atoms with van der Waals surface area (Å²) in [6, 6.07) is 8.85. The van der Waals surface area contributed by atoms with E-state index in [1.807, 2.05) is 12.1 Å². The number of pyridine rings is 1. The molecule has 0 fully saturated rings. The molecule has 0 saturated carbocycles. The third kappa shape index (κ3) is 4.36. The van der Waals surface area contributed by atoms with Gasteiger partial charge in [-0.05, 0) is 35.5 Å². The first-order valence-electron chi connectivity index (χ1n) is 7.30. The van der Waals surface area contributed by atoms with Gasteiger partial charge in [0.1, 0.15) is 5.75 Å². The fourth-order valence-corrected chi connectivity index (χ4v) is 2.26. The highest BCUT2D eigenvalue weighted by Crippen LogP contribution is 2.21. The molecule has 2 aromatic rings. The lowest BCUT2D eigenvalue weighted by atomic mass is 10.1. The summed E-state index contributed by atoms with van der Waals surface area (Å²) in [4.78, 5) is 16.1. The smallest absolute Gasteiger partial charge is 0.219 e. The topological polar surface area (TPSA) is 59.4 Å². The summed E-state index contributed by atoms with van der Waals surface area (Å²) in [6.07, 6.45) is 3.99. The Morgan fingerprint density at radius 3 is 2.77 bits per heavy atom. The Hall–Kier alpha value is -1.77. The molecule has 1 atom stereocenters. The number of nitrogens with zero attached hydrogens (tertiary/aromatic N) is 1. The van der Waals surface area contributed by atoms with Crippen molar-refractivity contribution in [1.29, 1.82) is 0 Å². The zero-order chi connectivity index (χ0) is 15.9. The van der Waals surface area contributed by atoms with E-state index in [9.17, 15) is 9.90 Å². The molecule has 0 aliphatic heterocycles. The molecule has 116 valence electrons. The normalized spacial score (nSPS) is 10.5. The average Bonchev–Trinajstić information content (AvgIpc) is 2.55. The molecule has 0 aliphatic rings. The maximum atomic E-state index is 11.9. The number of aliphatic hydroxyl groups excluding tert-OH is 1. The summed E-state index contributed by atoms with van der Waals surface area (Å²) in [6.45, 7) is 2.01. The van der Waals surface area contributed by atoms with Crippen molar-refractivity contribution in [2.45, 2.75) is 32.8 Å². The lowest BCUT2D eigenvalue weighted by Crippen LogP contribution is -2.02. The van der Waals surface area contributed by atoms with Gasteiger partial charge in [-0.3, -0.25) is 4.79 Å². The predicted molar refractivity (Wildman–Crippen MR) is 89.9 cm³/mol. The minimum Gasteiger partial charge on any atom is -0.439 e. The zero-order valence-electron chi connectivity index (χ0n) is 12.6. The molecule has 0 bridgehead atoms. The molecule has 1 heterocycles. The largest absolute Gasteiger partial charge is 0.439 e. The summed E-state index contributed by atoms with van der Waals surface area (Å²) >= 11 is 0. The molecule has 1 N–H and O–H groups in total. The highest BCUT2D eigenvalue weighted by Gasteiger charge is 2.07. The van der Waals surface area contributed by atoms with E-state index in [0.29, 0.717) is 23.6 Å². The Kier molecular flexibility index (Phi) is 6.05. The highest BCUT2D eigenvalue weighted by molar-refractivity contribution is 7.27. The van der Waals surface area contributed by atoms with Crippen LogP contribution in [-0.2, 0) is 6.61 Å². The Morgan fingerprint density at radius 2 is 2.14 bits per heavy atom. The number of unbranched alkanes of at least 4 members (excludes halogenated alkanes) is 1. The maximum Gasteiger partial charge on any atom is 0.219 e. The Morgan fingerprint density at radius 1 is 1.32 bits per heavy atom. The molecule has 1 unspecified atom stereocenters. The second-order valence-electron chi connectivity index (χ2n) is 5.03. The monoisotopic (exact) mass is 317 g/mol. The molecular formula is C17H20NO3P. The van der Waals surface area contributed by atoms with Crippen LogP contribution in [0, 0.1) is 0 Å². The van der Waals surface area contributed by atoms with Crippen molar-refractivity contribution < 1.29 is 14.6 Å².